The minimum atomic E-state index is -1.86. The summed E-state index contributed by atoms with van der Waals surface area (Å²) >= 11 is 11.9. The average molecular weight is 870 g/mol. The first-order valence-corrected chi connectivity index (χ1v) is 19.2. The molecule has 0 saturated carbocycles. The molecule has 17 nitrogen and oxygen atoms in total. The Balaban J connectivity index is 1.45. The summed E-state index contributed by atoms with van der Waals surface area (Å²) in [6, 6.07) is -1.63. The van der Waals surface area contributed by atoms with Gasteiger partial charge in [0.15, 0.2) is 24.6 Å². The number of hydrogen-bond acceptors (Lipinski definition) is 15. The summed E-state index contributed by atoms with van der Waals surface area (Å²) in [6.45, 7) is 2.39. The third-order valence-corrected chi connectivity index (χ3v) is 9.81. The van der Waals surface area contributed by atoms with Gasteiger partial charge in [0.25, 0.3) is 5.91 Å². The lowest BCUT2D eigenvalue weighted by atomic mass is 10.0. The number of methoxy groups -OCH3 is 1. The van der Waals surface area contributed by atoms with Crippen molar-refractivity contribution < 1.29 is 73.4 Å². The molecule has 19 heteroatoms. The Morgan fingerprint density at radius 2 is 1.44 bits per heavy atom. The number of likely N-dealkylation sites (tertiary alicyclic amines) is 1. The maximum absolute atomic E-state index is 13.9. The Hall–Kier alpha value is -3.79. The molecule has 0 aromatic rings. The number of primary amides is 1. The molecule has 4 aliphatic heterocycles. The first-order chi connectivity index (χ1) is 28.1. The lowest BCUT2D eigenvalue weighted by Crippen LogP contribution is -2.65. The molecule has 59 heavy (non-hydrogen) atoms. The Labute approximate surface area is 350 Å². The van der Waals surface area contributed by atoms with Gasteiger partial charge in [0.05, 0.1) is 25.7 Å². The van der Waals surface area contributed by atoms with Crippen LogP contribution in [0.25, 0.3) is 0 Å². The Morgan fingerprint density at radius 3 is 2.10 bits per heavy atom. The van der Waals surface area contributed by atoms with E-state index < -0.39 is 128 Å². The summed E-state index contributed by atoms with van der Waals surface area (Å²) in [7, 11) is 1.34. The predicted molar refractivity (Wildman–Crippen MR) is 212 cm³/mol. The second-order valence-electron chi connectivity index (χ2n) is 13.7. The number of halogens is 2. The van der Waals surface area contributed by atoms with Crippen molar-refractivity contribution in [3.05, 3.63) is 106 Å². The van der Waals surface area contributed by atoms with E-state index in [0.29, 0.717) is 10.1 Å². The van der Waals surface area contributed by atoms with E-state index in [2.05, 4.69) is 0 Å². The fraction of sp³-hybridized carbons (Fsp3) is 0.475. The van der Waals surface area contributed by atoms with Crippen molar-refractivity contribution >= 4 is 40.8 Å². The number of nitrogens with zero attached hydrogens (tertiary/aromatic N) is 1. The highest BCUT2D eigenvalue weighted by Crippen LogP contribution is 2.35. The predicted octanol–water partition coefficient (Wildman–Crippen LogP) is 1.10. The first kappa shape index (κ1) is 47.9. The number of carbonyl (C=O) groups is 3. The molecule has 4 saturated heterocycles. The number of allylic oxidation sites excluding steroid dienone is 16. The van der Waals surface area contributed by atoms with Crippen LogP contribution in [-0.2, 0) is 42.8 Å². The van der Waals surface area contributed by atoms with Gasteiger partial charge in [-0.1, -0.05) is 84.0 Å². The zero-order valence-electron chi connectivity index (χ0n) is 32.3. The summed E-state index contributed by atoms with van der Waals surface area (Å²) in [5.74, 6) is -3.84. The van der Waals surface area contributed by atoms with Crippen LogP contribution < -0.4 is 5.73 Å². The monoisotopic (exact) mass is 868 g/mol. The fourth-order valence-corrected chi connectivity index (χ4v) is 6.61. The van der Waals surface area contributed by atoms with Gasteiger partial charge in [-0.05, 0) is 38.2 Å². The smallest absolute Gasteiger partial charge is 0.264 e. The molecular weight excluding hydrogens is 819 g/mol. The SMILES string of the molecule is CO[C@@H]1[C@H](OC2COC(OC3C(O)C(O)COC3N3C(=O)/C(=C(O)/C=C/C=C/C=C/C=C/C=C(Cl)/C=C/C=C/C=C(/C)Cl)C(=O)[C@@H]3CC(N)=O)C(O)C2O)O[C@H](C)[C@H]1O. The second-order valence-corrected chi connectivity index (χ2v) is 14.8. The van der Waals surface area contributed by atoms with Crippen LogP contribution in [0.2, 0.25) is 0 Å². The Bertz CT molecular complexity index is 1770. The van der Waals surface area contributed by atoms with Crippen molar-refractivity contribution in [2.75, 3.05) is 20.3 Å². The largest absolute Gasteiger partial charge is 0.507 e. The number of hydrogen-bond donors (Lipinski definition) is 7. The normalized spacial score (nSPS) is 36.3. The van der Waals surface area contributed by atoms with Crippen LogP contribution in [0.4, 0.5) is 0 Å². The molecule has 8 N–H and O–H groups in total. The molecule has 4 fully saturated rings. The van der Waals surface area contributed by atoms with E-state index in [9.17, 15) is 45.0 Å². The van der Waals surface area contributed by atoms with Crippen molar-refractivity contribution in [2.24, 2.45) is 5.73 Å². The number of ketones is 1. The van der Waals surface area contributed by atoms with E-state index in [1.165, 1.54) is 19.3 Å². The molecule has 0 bridgehead atoms. The van der Waals surface area contributed by atoms with E-state index in [-0.39, 0.29) is 0 Å². The van der Waals surface area contributed by atoms with Gasteiger partial charge in [-0.3, -0.25) is 19.3 Å². The molecule has 4 heterocycles. The molecule has 0 spiro atoms. The second kappa shape index (κ2) is 22.7. The molecule has 0 radical (unpaired) electrons. The molecule has 4 aliphatic rings. The first-order valence-electron chi connectivity index (χ1n) is 18.5. The molecule has 0 aliphatic carbocycles. The van der Waals surface area contributed by atoms with Gasteiger partial charge in [0.1, 0.15) is 66.2 Å². The zero-order valence-corrected chi connectivity index (χ0v) is 33.9. The van der Waals surface area contributed by atoms with Crippen molar-refractivity contribution in [3.63, 3.8) is 0 Å². The molecule has 8 unspecified atom stereocenters. The van der Waals surface area contributed by atoms with Gasteiger partial charge in [0, 0.05) is 17.2 Å². The van der Waals surface area contributed by atoms with E-state index in [1.54, 1.807) is 80.7 Å². The van der Waals surface area contributed by atoms with Crippen LogP contribution >= 0.6 is 23.2 Å². The van der Waals surface area contributed by atoms with Gasteiger partial charge < -0.3 is 64.8 Å². The van der Waals surface area contributed by atoms with Crippen LogP contribution in [0.5, 0.6) is 0 Å². The van der Waals surface area contributed by atoms with E-state index in [4.69, 9.17) is 57.4 Å². The average Bonchev–Trinajstić information content (AvgIpc) is 3.59. The van der Waals surface area contributed by atoms with Crippen molar-refractivity contribution in [1.82, 2.24) is 4.90 Å². The molecule has 4 rings (SSSR count). The lowest BCUT2D eigenvalue weighted by Gasteiger charge is -2.46. The van der Waals surface area contributed by atoms with E-state index in [1.807, 2.05) is 0 Å². The van der Waals surface area contributed by atoms with Gasteiger partial charge in [-0.15, -0.1) is 0 Å². The third-order valence-electron chi connectivity index (χ3n) is 9.43. The van der Waals surface area contributed by atoms with E-state index >= 15 is 0 Å². The fourth-order valence-electron chi connectivity index (χ4n) is 6.39. The molecule has 13 atom stereocenters. The Morgan fingerprint density at radius 1 is 0.814 bits per heavy atom. The van der Waals surface area contributed by atoms with Crippen molar-refractivity contribution in [1.29, 1.82) is 0 Å². The molecule has 324 valence electrons. The number of amides is 2. The maximum atomic E-state index is 13.9. The van der Waals surface area contributed by atoms with Crippen LogP contribution in [0.15, 0.2) is 106 Å². The maximum Gasteiger partial charge on any atom is 0.264 e. The number of aliphatic hydroxyl groups is 6. The number of nitrogens with two attached hydrogens (primary N) is 1. The molecule has 0 aromatic carbocycles. The topological polar surface area (TPSA) is 257 Å². The molecule has 2 amide bonds. The van der Waals surface area contributed by atoms with Crippen molar-refractivity contribution in [2.45, 2.75) is 100 Å². The summed E-state index contributed by atoms with van der Waals surface area (Å²) in [4.78, 5) is 40.3. The minimum absolute atomic E-state index is 0.406. The standard InChI is InChI=1S/C40H50Cl2N2O15/c1-21(41)14-10-9-12-16-23(42)15-11-7-5-4-6-8-13-17-25(45)29-31(49)24(18-28(43)47)44(37(29)53)38-35(32(50)26(46)19-55-38)59-39-34(52)33(51)27(20-56-39)58-40-36(54-3)30(48)22(2)57-40/h4-17,22,24,26-27,30,32-36,38-40,45-46,48,50-52H,18-20H2,1-3H3,(H2,43,47)/b5-4+,8-6+,10-9+,11-7+,16-12+,17-13+,21-14-,23-15-,29-25-/t22-,24+,26?,27?,30-,32?,33?,34?,35?,36+,38?,39?,40+/m1/s1. The summed E-state index contributed by atoms with van der Waals surface area (Å²) < 4.78 is 33.7. The number of rotatable bonds is 16. The van der Waals surface area contributed by atoms with E-state index in [0.717, 1.165) is 11.0 Å². The van der Waals surface area contributed by atoms with Crippen LogP contribution in [-0.4, -0.2) is 153 Å². The van der Waals surface area contributed by atoms with Crippen LogP contribution in [0.3, 0.4) is 0 Å². The number of carbonyl (C=O) groups excluding carboxylic acids is 3. The van der Waals surface area contributed by atoms with Gasteiger partial charge in [-0.2, -0.15) is 0 Å². The summed E-state index contributed by atoms with van der Waals surface area (Å²) in [5, 5.41) is 65.8. The highest BCUT2D eigenvalue weighted by Gasteiger charge is 2.56. The van der Waals surface area contributed by atoms with Crippen LogP contribution in [0, 0.1) is 0 Å². The van der Waals surface area contributed by atoms with Crippen molar-refractivity contribution in [3.8, 4) is 0 Å². The third kappa shape index (κ3) is 12.6. The zero-order chi connectivity index (χ0) is 43.4. The number of Topliss-reactive ketones (excluding diaryl/α,β-unsaturated/α-hetero) is 1. The summed E-state index contributed by atoms with van der Waals surface area (Å²) in [6.07, 6.45) is 4.97. The summed E-state index contributed by atoms with van der Waals surface area (Å²) in [5.41, 5.74) is 4.71. The lowest BCUT2D eigenvalue weighted by molar-refractivity contribution is -0.338. The molecule has 0 aromatic heterocycles. The quantitative estimate of drug-likeness (QED) is 0.0496. The molecular formula is C40H50Cl2N2O15. The number of aliphatic hydroxyl groups excluding tert-OH is 6. The highest BCUT2D eigenvalue weighted by molar-refractivity contribution is 6.31. The van der Waals surface area contributed by atoms with Crippen LogP contribution in [0.1, 0.15) is 20.3 Å². The van der Waals surface area contributed by atoms with Gasteiger partial charge >= 0.3 is 0 Å². The highest BCUT2D eigenvalue weighted by atomic mass is 35.5. The Kier molecular flexibility index (Phi) is 18.4. The van der Waals surface area contributed by atoms with Gasteiger partial charge in [0.2, 0.25) is 5.91 Å². The minimum Gasteiger partial charge on any atom is -0.507 e. The number of ether oxygens (including phenoxy) is 6. The van der Waals surface area contributed by atoms with Gasteiger partial charge in [-0.25, -0.2) is 0 Å².